The van der Waals surface area contributed by atoms with Crippen molar-refractivity contribution in [3.63, 3.8) is 0 Å². The molecule has 1 saturated carbocycles. The molecule has 0 amide bonds. The van der Waals surface area contributed by atoms with Crippen LogP contribution in [0.1, 0.15) is 37.3 Å². The van der Waals surface area contributed by atoms with E-state index >= 15 is 0 Å². The van der Waals surface area contributed by atoms with E-state index in [0.717, 1.165) is 30.4 Å². The van der Waals surface area contributed by atoms with Crippen molar-refractivity contribution in [3.8, 4) is 0 Å². The first kappa shape index (κ1) is 19.5. The Balaban J connectivity index is 1.71. The summed E-state index contributed by atoms with van der Waals surface area (Å²) in [5.74, 6) is 0.323. The number of hydrogen-bond donors (Lipinski definition) is 0. The molecule has 0 radical (unpaired) electrons. The molecule has 1 fully saturated rings. The van der Waals surface area contributed by atoms with Gasteiger partial charge in [-0.05, 0) is 47.9 Å². The average molecular weight is 374 g/mol. The number of carbonyl (C=O) groups is 1. The summed E-state index contributed by atoms with van der Waals surface area (Å²) in [6.45, 7) is 2.06. The minimum absolute atomic E-state index is 0.00605. The van der Waals surface area contributed by atoms with Crippen LogP contribution in [0.2, 0.25) is 0 Å². The number of ketones is 1. The van der Waals surface area contributed by atoms with Gasteiger partial charge in [0.05, 0.1) is 0 Å². The van der Waals surface area contributed by atoms with E-state index < -0.39 is 0 Å². The highest BCUT2D eigenvalue weighted by Crippen LogP contribution is 2.40. The zero-order chi connectivity index (χ0) is 20.0. The number of rotatable bonds is 6. The molecule has 1 aliphatic rings. The third kappa shape index (κ3) is 4.52. The van der Waals surface area contributed by atoms with Crippen LogP contribution in [-0.4, -0.2) is 5.78 Å². The number of benzene rings is 2. The topological polar surface area (TPSA) is 115 Å². The number of hydrogen-bond acceptors (Lipinski definition) is 3. The number of nitrogens with zero attached hydrogens (tertiary/aromatic N) is 6. The van der Waals surface area contributed by atoms with E-state index in [2.05, 4.69) is 27.0 Å². The maximum atomic E-state index is 13.3. The van der Waals surface area contributed by atoms with Crippen LogP contribution in [0, 0.1) is 11.3 Å². The summed E-state index contributed by atoms with van der Waals surface area (Å²) in [6, 6.07) is 14.9. The van der Waals surface area contributed by atoms with Crippen LogP contribution in [0.25, 0.3) is 20.9 Å². The molecule has 2 atom stereocenters. The lowest BCUT2D eigenvalue weighted by molar-refractivity contribution is -0.135. The molecule has 7 heteroatoms. The molecular weight excluding hydrogens is 352 g/mol. The fourth-order valence-electron chi connectivity index (χ4n) is 4.07. The smallest absolute Gasteiger partial charge is 0.142 e. The van der Waals surface area contributed by atoms with Crippen molar-refractivity contribution >= 4 is 17.2 Å². The average Bonchev–Trinajstić information content (AvgIpc) is 2.69. The summed E-state index contributed by atoms with van der Waals surface area (Å²) in [4.78, 5) is 18.8. The van der Waals surface area contributed by atoms with Gasteiger partial charge in [-0.2, -0.15) is 0 Å². The number of azide groups is 2. The maximum absolute atomic E-state index is 13.3. The monoisotopic (exact) mass is 374 g/mol. The molecule has 0 spiro atoms. The SMILES string of the molecule is CC1(Cc2ccc(N=[N+]=[N-])cc2)CCCC(Cc2ccc(N=[N+]=[N-])cc2)C1=O. The largest absolute Gasteiger partial charge is 0.299 e. The molecular formula is C21H22N6O. The third-order valence-electron chi connectivity index (χ3n) is 5.52. The molecule has 1 aliphatic carbocycles. The van der Waals surface area contributed by atoms with Crippen molar-refractivity contribution in [2.24, 2.45) is 21.6 Å². The van der Waals surface area contributed by atoms with Crippen LogP contribution in [0.15, 0.2) is 58.8 Å². The molecule has 0 N–H and O–H groups in total. The normalized spacial score (nSPS) is 21.5. The van der Waals surface area contributed by atoms with Gasteiger partial charge >= 0.3 is 0 Å². The molecule has 2 aromatic carbocycles. The van der Waals surface area contributed by atoms with Gasteiger partial charge in [-0.1, -0.05) is 72.1 Å². The van der Waals surface area contributed by atoms with Gasteiger partial charge in [-0.3, -0.25) is 4.79 Å². The first-order chi connectivity index (χ1) is 13.5. The second-order valence-corrected chi connectivity index (χ2v) is 7.61. The van der Waals surface area contributed by atoms with E-state index in [1.807, 2.05) is 24.3 Å². The predicted molar refractivity (Wildman–Crippen MR) is 108 cm³/mol. The van der Waals surface area contributed by atoms with Gasteiger partial charge in [0.2, 0.25) is 0 Å². The van der Waals surface area contributed by atoms with Crippen molar-refractivity contribution in [1.82, 2.24) is 0 Å². The van der Waals surface area contributed by atoms with Crippen LogP contribution < -0.4 is 0 Å². The summed E-state index contributed by atoms with van der Waals surface area (Å²) in [5.41, 5.74) is 19.9. The van der Waals surface area contributed by atoms with Gasteiger partial charge in [0.25, 0.3) is 0 Å². The molecule has 0 aromatic heterocycles. The Hall–Kier alpha value is -3.27. The van der Waals surface area contributed by atoms with E-state index in [9.17, 15) is 4.79 Å². The first-order valence-corrected chi connectivity index (χ1v) is 9.36. The van der Waals surface area contributed by atoms with E-state index in [1.165, 1.54) is 0 Å². The van der Waals surface area contributed by atoms with Gasteiger partial charge < -0.3 is 0 Å². The molecule has 3 rings (SSSR count). The maximum Gasteiger partial charge on any atom is 0.142 e. The Bertz CT molecular complexity index is 940. The van der Waals surface area contributed by atoms with Crippen LogP contribution >= 0.6 is 0 Å². The summed E-state index contributed by atoms with van der Waals surface area (Å²) in [5, 5.41) is 7.18. The van der Waals surface area contributed by atoms with E-state index in [-0.39, 0.29) is 11.3 Å². The summed E-state index contributed by atoms with van der Waals surface area (Å²) in [7, 11) is 0. The highest BCUT2D eigenvalue weighted by atomic mass is 16.1. The van der Waals surface area contributed by atoms with Gasteiger partial charge in [0.1, 0.15) is 5.78 Å². The molecule has 28 heavy (non-hydrogen) atoms. The molecule has 0 saturated heterocycles. The predicted octanol–water partition coefficient (Wildman–Crippen LogP) is 6.73. The van der Waals surface area contributed by atoms with Gasteiger partial charge in [-0.15, -0.1) is 0 Å². The molecule has 0 heterocycles. The second kappa shape index (κ2) is 8.61. The van der Waals surface area contributed by atoms with Gasteiger partial charge in [0, 0.05) is 32.5 Å². The lowest BCUT2D eigenvalue weighted by Gasteiger charge is -2.37. The first-order valence-electron chi connectivity index (χ1n) is 9.36. The molecule has 142 valence electrons. The Kier molecular flexibility index (Phi) is 5.99. The van der Waals surface area contributed by atoms with Crippen LogP contribution in [0.5, 0.6) is 0 Å². The summed E-state index contributed by atoms with van der Waals surface area (Å²) in [6.07, 6.45) is 4.22. The molecule has 0 aliphatic heterocycles. The van der Waals surface area contributed by atoms with E-state index in [4.69, 9.17) is 11.1 Å². The standard InChI is InChI=1S/C21H22N6O/c1-21(14-16-6-10-19(11-7-16)25-27-23)12-2-3-17(20(21)28)13-15-4-8-18(9-5-15)24-26-22/h4-11,17H,2-3,12-14H2,1H3. The second-order valence-electron chi connectivity index (χ2n) is 7.61. The Morgan fingerprint density at radius 1 is 0.964 bits per heavy atom. The van der Waals surface area contributed by atoms with Crippen molar-refractivity contribution < 1.29 is 4.79 Å². The van der Waals surface area contributed by atoms with Gasteiger partial charge in [0.15, 0.2) is 0 Å². The summed E-state index contributed by atoms with van der Waals surface area (Å²) >= 11 is 0. The molecule has 2 unspecified atom stereocenters. The van der Waals surface area contributed by atoms with Crippen LogP contribution in [0.4, 0.5) is 11.4 Å². The van der Waals surface area contributed by atoms with Crippen molar-refractivity contribution in [1.29, 1.82) is 0 Å². The van der Waals surface area contributed by atoms with Crippen molar-refractivity contribution in [2.75, 3.05) is 0 Å². The Morgan fingerprint density at radius 2 is 1.50 bits per heavy atom. The van der Waals surface area contributed by atoms with Crippen molar-refractivity contribution in [3.05, 3.63) is 80.5 Å². The van der Waals surface area contributed by atoms with Gasteiger partial charge in [-0.25, -0.2) is 0 Å². The third-order valence-corrected chi connectivity index (χ3v) is 5.52. The minimum Gasteiger partial charge on any atom is -0.299 e. The minimum atomic E-state index is -0.381. The summed E-state index contributed by atoms with van der Waals surface area (Å²) < 4.78 is 0. The van der Waals surface area contributed by atoms with Crippen molar-refractivity contribution in [2.45, 2.75) is 39.0 Å². The number of Topliss-reactive ketones (excluding diaryl/α,β-unsaturated/α-hetero) is 1. The number of carbonyl (C=O) groups excluding carboxylic acids is 1. The highest BCUT2D eigenvalue weighted by molar-refractivity contribution is 5.88. The highest BCUT2D eigenvalue weighted by Gasteiger charge is 2.40. The van der Waals surface area contributed by atoms with Crippen LogP contribution in [-0.2, 0) is 17.6 Å². The quantitative estimate of drug-likeness (QED) is 0.311. The molecule has 7 nitrogen and oxygen atoms in total. The fourth-order valence-corrected chi connectivity index (χ4v) is 4.07. The van der Waals surface area contributed by atoms with Crippen LogP contribution in [0.3, 0.4) is 0 Å². The Morgan fingerprint density at radius 3 is 2.04 bits per heavy atom. The molecule has 2 aromatic rings. The van der Waals surface area contributed by atoms with E-state index in [1.54, 1.807) is 24.3 Å². The fraction of sp³-hybridized carbons (Fsp3) is 0.381. The zero-order valence-corrected chi connectivity index (χ0v) is 15.8. The lowest BCUT2D eigenvalue weighted by atomic mass is 9.65. The Labute approximate surface area is 163 Å². The zero-order valence-electron chi connectivity index (χ0n) is 15.8. The lowest BCUT2D eigenvalue weighted by Crippen LogP contribution is -2.40. The molecule has 0 bridgehead atoms. The van der Waals surface area contributed by atoms with E-state index in [0.29, 0.717) is 30.0 Å².